The van der Waals surface area contributed by atoms with Crippen LogP contribution in [0.25, 0.3) is 0 Å². The highest BCUT2D eigenvalue weighted by Crippen LogP contribution is 2.35. The first-order valence-electron chi connectivity index (χ1n) is 5.27. The second-order valence-electron chi connectivity index (χ2n) is 3.26. The van der Waals surface area contributed by atoms with Gasteiger partial charge in [-0.05, 0) is 35.0 Å². The topological polar surface area (TPSA) is 38.3 Å². The molecule has 18 heavy (non-hydrogen) atoms. The molecule has 0 aliphatic rings. The number of carbonyl (C=O) groups excluding carboxylic acids is 1. The van der Waals surface area contributed by atoms with Gasteiger partial charge in [0.2, 0.25) is 0 Å². The van der Waals surface area contributed by atoms with Crippen LogP contribution in [-0.2, 0) is 9.53 Å². The zero-order valence-electron chi connectivity index (χ0n) is 9.67. The van der Waals surface area contributed by atoms with Crippen molar-refractivity contribution in [3.63, 3.8) is 0 Å². The molecule has 0 spiro atoms. The third-order valence-corrected chi connectivity index (χ3v) is 3.76. The van der Waals surface area contributed by atoms with Crippen molar-refractivity contribution < 1.29 is 9.53 Å². The molecular weight excluding hydrogens is 341 g/mol. The van der Waals surface area contributed by atoms with E-state index >= 15 is 0 Å². The van der Waals surface area contributed by atoms with Gasteiger partial charge in [-0.25, -0.2) is 4.79 Å². The van der Waals surface area contributed by atoms with Crippen molar-refractivity contribution in [2.45, 2.75) is 6.92 Å². The number of ether oxygens (including phenoxy) is 1. The van der Waals surface area contributed by atoms with Gasteiger partial charge in [-0.1, -0.05) is 29.3 Å². The molecule has 0 unspecified atom stereocenters. The molecule has 0 atom stereocenters. The average molecular weight is 353 g/mol. The predicted molar refractivity (Wildman–Crippen MR) is 78.4 cm³/mol. The fourth-order valence-corrected chi connectivity index (χ4v) is 2.02. The van der Waals surface area contributed by atoms with Crippen molar-refractivity contribution in [1.82, 2.24) is 0 Å². The summed E-state index contributed by atoms with van der Waals surface area (Å²) in [7, 11) is 0. The molecule has 0 aromatic heterocycles. The van der Waals surface area contributed by atoms with Gasteiger partial charge in [-0.3, -0.25) is 0 Å². The van der Waals surface area contributed by atoms with E-state index in [1.165, 1.54) is 6.08 Å². The van der Waals surface area contributed by atoms with Gasteiger partial charge in [0.1, 0.15) is 0 Å². The van der Waals surface area contributed by atoms with Crippen molar-refractivity contribution in [3.8, 4) is 0 Å². The second kappa shape index (κ2) is 7.67. The summed E-state index contributed by atoms with van der Waals surface area (Å²) in [4.78, 5) is 11.0. The van der Waals surface area contributed by atoms with Gasteiger partial charge < -0.3 is 10.1 Å². The zero-order chi connectivity index (χ0) is 13.5. The minimum absolute atomic E-state index is 0.362. The lowest BCUT2D eigenvalue weighted by molar-refractivity contribution is -0.137. The van der Waals surface area contributed by atoms with Crippen LogP contribution in [0.15, 0.2) is 28.8 Å². The van der Waals surface area contributed by atoms with Crippen molar-refractivity contribution in [1.29, 1.82) is 0 Å². The maximum atomic E-state index is 11.0. The molecule has 0 amide bonds. The van der Waals surface area contributed by atoms with Gasteiger partial charge >= 0.3 is 5.97 Å². The molecular formula is C12H12BrCl2NO2. The summed E-state index contributed by atoms with van der Waals surface area (Å²) in [6.07, 6.45) is 3.02. The van der Waals surface area contributed by atoms with Gasteiger partial charge in [0.25, 0.3) is 0 Å². The van der Waals surface area contributed by atoms with Gasteiger partial charge in [0.15, 0.2) is 0 Å². The summed E-state index contributed by atoms with van der Waals surface area (Å²) in [5, 5.41) is 3.94. The monoisotopic (exact) mass is 351 g/mol. The average Bonchev–Trinajstić information content (AvgIpc) is 2.34. The van der Waals surface area contributed by atoms with Crippen LogP contribution in [0, 0.1) is 0 Å². The summed E-state index contributed by atoms with van der Waals surface area (Å²) >= 11 is 15.3. The molecule has 6 heteroatoms. The van der Waals surface area contributed by atoms with E-state index in [-0.39, 0.29) is 5.97 Å². The summed E-state index contributed by atoms with van der Waals surface area (Å²) in [6.45, 7) is 2.58. The van der Waals surface area contributed by atoms with Gasteiger partial charge in [-0.2, -0.15) is 0 Å². The Hall–Kier alpha value is -0.710. The number of hydrogen-bond acceptors (Lipinski definition) is 3. The van der Waals surface area contributed by atoms with Crippen molar-refractivity contribution in [3.05, 3.63) is 38.8 Å². The number of nitrogens with one attached hydrogen (secondary N) is 1. The number of anilines is 1. The molecule has 0 bridgehead atoms. The van der Waals surface area contributed by atoms with E-state index in [1.54, 1.807) is 25.1 Å². The third kappa shape index (κ3) is 4.52. The van der Waals surface area contributed by atoms with Gasteiger partial charge in [-0.15, -0.1) is 0 Å². The Labute approximate surface area is 124 Å². The summed E-state index contributed by atoms with van der Waals surface area (Å²) in [5.74, 6) is -0.362. The molecule has 0 saturated carbocycles. The fraction of sp³-hybridized carbons (Fsp3) is 0.250. The minimum Gasteiger partial charge on any atom is -0.463 e. The van der Waals surface area contributed by atoms with Crippen molar-refractivity contribution in [2.75, 3.05) is 18.5 Å². The molecule has 1 aromatic carbocycles. The third-order valence-electron chi connectivity index (χ3n) is 1.99. The molecule has 1 N–H and O–H groups in total. The quantitative estimate of drug-likeness (QED) is 0.488. The van der Waals surface area contributed by atoms with E-state index in [4.69, 9.17) is 27.9 Å². The number of benzene rings is 1. The van der Waals surface area contributed by atoms with Gasteiger partial charge in [0.05, 0.1) is 22.3 Å². The fourth-order valence-electron chi connectivity index (χ4n) is 1.18. The van der Waals surface area contributed by atoms with Gasteiger partial charge in [0, 0.05) is 17.1 Å². The Bertz CT molecular complexity index is 464. The Morgan fingerprint density at radius 2 is 2.17 bits per heavy atom. The predicted octanol–water partition coefficient (Wildman–Crippen LogP) is 4.29. The minimum atomic E-state index is -0.362. The van der Waals surface area contributed by atoms with E-state index in [2.05, 4.69) is 21.2 Å². The second-order valence-corrected chi connectivity index (χ2v) is 4.87. The summed E-state index contributed by atoms with van der Waals surface area (Å²) in [5.41, 5.74) is 0.707. The van der Waals surface area contributed by atoms with Crippen LogP contribution in [0.3, 0.4) is 0 Å². The van der Waals surface area contributed by atoms with Crippen LogP contribution in [-0.4, -0.2) is 19.1 Å². The maximum absolute atomic E-state index is 11.0. The van der Waals surface area contributed by atoms with E-state index in [1.807, 2.05) is 0 Å². The highest BCUT2D eigenvalue weighted by molar-refractivity contribution is 9.10. The molecule has 0 aliphatic heterocycles. The number of hydrogen-bond donors (Lipinski definition) is 1. The van der Waals surface area contributed by atoms with E-state index in [0.717, 1.165) is 4.47 Å². The Morgan fingerprint density at radius 1 is 1.44 bits per heavy atom. The number of rotatable bonds is 5. The number of halogens is 3. The molecule has 0 saturated heterocycles. The van der Waals surface area contributed by atoms with E-state index in [9.17, 15) is 4.79 Å². The van der Waals surface area contributed by atoms with Crippen LogP contribution in [0.4, 0.5) is 5.69 Å². The highest BCUT2D eigenvalue weighted by Gasteiger charge is 2.07. The maximum Gasteiger partial charge on any atom is 0.330 e. The SMILES string of the molecule is CCOC(=O)/C=C/CNc1ccc(Br)c(Cl)c1Cl. The van der Waals surface area contributed by atoms with Crippen LogP contribution in [0.5, 0.6) is 0 Å². The lowest BCUT2D eigenvalue weighted by Gasteiger charge is -2.08. The van der Waals surface area contributed by atoms with Crippen molar-refractivity contribution >= 4 is 50.8 Å². The number of esters is 1. The number of carbonyl (C=O) groups is 1. The normalized spacial score (nSPS) is 10.7. The molecule has 0 heterocycles. The Balaban J connectivity index is 2.55. The Kier molecular flexibility index (Phi) is 6.54. The van der Waals surface area contributed by atoms with Crippen molar-refractivity contribution in [2.24, 2.45) is 0 Å². The molecule has 1 aromatic rings. The summed E-state index contributed by atoms with van der Waals surface area (Å²) in [6, 6.07) is 3.60. The van der Waals surface area contributed by atoms with Crippen LogP contribution < -0.4 is 5.32 Å². The first-order valence-corrected chi connectivity index (χ1v) is 6.81. The van der Waals surface area contributed by atoms with Crippen LogP contribution in [0.1, 0.15) is 6.92 Å². The molecule has 0 radical (unpaired) electrons. The Morgan fingerprint density at radius 3 is 2.83 bits per heavy atom. The van der Waals surface area contributed by atoms with E-state index in [0.29, 0.717) is 28.9 Å². The smallest absolute Gasteiger partial charge is 0.330 e. The zero-order valence-corrected chi connectivity index (χ0v) is 12.8. The standard InChI is InChI=1S/C12H12BrCl2NO2/c1-2-18-10(17)4-3-7-16-9-6-5-8(13)11(14)12(9)15/h3-6,16H,2,7H2,1H3/b4-3+. The first kappa shape index (κ1) is 15.3. The lowest BCUT2D eigenvalue weighted by Crippen LogP contribution is -2.03. The van der Waals surface area contributed by atoms with E-state index < -0.39 is 0 Å². The highest BCUT2D eigenvalue weighted by atomic mass is 79.9. The summed E-state index contributed by atoms with van der Waals surface area (Å²) < 4.78 is 5.48. The van der Waals surface area contributed by atoms with Crippen LogP contribution >= 0.6 is 39.1 Å². The molecule has 3 nitrogen and oxygen atoms in total. The largest absolute Gasteiger partial charge is 0.463 e. The molecule has 1 rings (SSSR count). The van der Waals surface area contributed by atoms with Crippen LogP contribution in [0.2, 0.25) is 10.0 Å². The molecule has 98 valence electrons. The molecule has 0 aliphatic carbocycles. The lowest BCUT2D eigenvalue weighted by atomic mass is 10.3. The first-order chi connectivity index (χ1) is 8.56. The molecule has 0 fully saturated rings.